The van der Waals surface area contributed by atoms with Gasteiger partial charge in [-0.3, -0.25) is 0 Å². The van der Waals surface area contributed by atoms with Crippen LogP contribution in [-0.2, 0) is 0 Å². The zero-order valence-corrected chi connectivity index (χ0v) is 11.1. The van der Waals surface area contributed by atoms with Crippen molar-refractivity contribution in [1.82, 2.24) is 0 Å². The lowest BCUT2D eigenvalue weighted by atomic mass is 9.68. The third-order valence-corrected chi connectivity index (χ3v) is 5.15. The molecule has 16 heavy (non-hydrogen) atoms. The van der Waals surface area contributed by atoms with E-state index in [1.807, 2.05) is 0 Å². The number of hydrogen-bond acceptors (Lipinski definition) is 0. The van der Waals surface area contributed by atoms with Gasteiger partial charge in [-0.1, -0.05) is 26.2 Å². The van der Waals surface area contributed by atoms with E-state index in [0.717, 1.165) is 23.8 Å². The molecule has 0 aromatic carbocycles. The molecule has 0 bridgehead atoms. The van der Waals surface area contributed by atoms with Crippen LogP contribution in [0.15, 0.2) is 0 Å². The SMILES string of the molecule is C=[N+](C)C1CCC(C2CCCCC2C)CC1. The van der Waals surface area contributed by atoms with Gasteiger partial charge in [-0.25, -0.2) is 4.58 Å². The second kappa shape index (κ2) is 5.33. The van der Waals surface area contributed by atoms with Gasteiger partial charge in [0.15, 0.2) is 6.04 Å². The maximum atomic E-state index is 4.05. The number of hydrogen-bond donors (Lipinski definition) is 0. The standard InChI is InChI=1S/C15H28N/c1-12-6-4-5-7-15(12)13-8-10-14(11-9-13)16(2)3/h12-15H,2,4-11H2,1,3H3/q+1. The average Bonchev–Trinajstić information content (AvgIpc) is 2.30. The molecular formula is C15H28N+. The van der Waals surface area contributed by atoms with E-state index in [1.54, 1.807) is 0 Å². The predicted molar refractivity (Wildman–Crippen MR) is 70.2 cm³/mol. The van der Waals surface area contributed by atoms with Crippen LogP contribution in [0.1, 0.15) is 58.3 Å². The second-order valence-corrected chi connectivity index (χ2v) is 6.25. The number of rotatable bonds is 2. The van der Waals surface area contributed by atoms with E-state index in [-0.39, 0.29) is 0 Å². The van der Waals surface area contributed by atoms with Crippen molar-refractivity contribution in [3.63, 3.8) is 0 Å². The summed E-state index contributed by atoms with van der Waals surface area (Å²) in [6.45, 7) is 6.54. The summed E-state index contributed by atoms with van der Waals surface area (Å²) in [5.74, 6) is 3.07. The Morgan fingerprint density at radius 2 is 1.56 bits per heavy atom. The second-order valence-electron chi connectivity index (χ2n) is 6.25. The van der Waals surface area contributed by atoms with Crippen molar-refractivity contribution >= 4 is 6.72 Å². The molecule has 0 saturated heterocycles. The molecule has 2 fully saturated rings. The lowest BCUT2D eigenvalue weighted by Crippen LogP contribution is -2.33. The summed E-state index contributed by atoms with van der Waals surface area (Å²) >= 11 is 0. The summed E-state index contributed by atoms with van der Waals surface area (Å²) < 4.78 is 2.18. The minimum absolute atomic E-state index is 0.759. The highest BCUT2D eigenvalue weighted by Crippen LogP contribution is 2.41. The first kappa shape index (κ1) is 12.1. The van der Waals surface area contributed by atoms with Gasteiger partial charge in [-0.05, 0) is 37.0 Å². The Morgan fingerprint density at radius 1 is 0.938 bits per heavy atom. The van der Waals surface area contributed by atoms with E-state index in [0.29, 0.717) is 0 Å². The molecule has 0 N–H and O–H groups in total. The summed E-state index contributed by atoms with van der Waals surface area (Å²) in [7, 11) is 2.13. The van der Waals surface area contributed by atoms with E-state index in [9.17, 15) is 0 Å². The van der Waals surface area contributed by atoms with Crippen molar-refractivity contribution < 1.29 is 4.58 Å². The molecule has 0 radical (unpaired) electrons. The summed E-state index contributed by atoms with van der Waals surface area (Å²) in [5.41, 5.74) is 0. The molecule has 92 valence electrons. The average molecular weight is 222 g/mol. The van der Waals surface area contributed by atoms with Crippen molar-refractivity contribution in [2.24, 2.45) is 17.8 Å². The lowest BCUT2D eigenvalue weighted by molar-refractivity contribution is -0.534. The van der Waals surface area contributed by atoms with Crippen LogP contribution < -0.4 is 0 Å². The summed E-state index contributed by atoms with van der Waals surface area (Å²) in [5, 5.41) is 0. The Balaban J connectivity index is 1.85. The molecule has 2 unspecified atom stereocenters. The van der Waals surface area contributed by atoms with Crippen LogP contribution in [0, 0.1) is 17.8 Å². The number of nitrogens with zero attached hydrogens (tertiary/aromatic N) is 1. The van der Waals surface area contributed by atoms with Gasteiger partial charge in [0.1, 0.15) is 13.8 Å². The molecule has 0 aromatic heterocycles. The van der Waals surface area contributed by atoms with Crippen molar-refractivity contribution in [3.8, 4) is 0 Å². The Morgan fingerprint density at radius 3 is 2.12 bits per heavy atom. The van der Waals surface area contributed by atoms with Gasteiger partial charge in [0, 0.05) is 12.8 Å². The molecule has 1 heteroatoms. The Kier molecular flexibility index (Phi) is 4.05. The van der Waals surface area contributed by atoms with Gasteiger partial charge >= 0.3 is 0 Å². The van der Waals surface area contributed by atoms with Crippen molar-refractivity contribution in [2.75, 3.05) is 7.05 Å². The molecule has 0 heterocycles. The van der Waals surface area contributed by atoms with Crippen molar-refractivity contribution in [2.45, 2.75) is 64.3 Å². The summed E-state index contributed by atoms with van der Waals surface area (Å²) in [6, 6.07) is 0.759. The van der Waals surface area contributed by atoms with Crippen LogP contribution in [0.3, 0.4) is 0 Å². The molecule has 0 aromatic rings. The van der Waals surface area contributed by atoms with E-state index < -0.39 is 0 Å². The Bertz CT molecular complexity index is 238. The highest BCUT2D eigenvalue weighted by molar-refractivity contribution is 5.14. The predicted octanol–water partition coefficient (Wildman–Crippen LogP) is 3.71. The van der Waals surface area contributed by atoms with Crippen LogP contribution in [0.5, 0.6) is 0 Å². The zero-order chi connectivity index (χ0) is 11.5. The van der Waals surface area contributed by atoms with E-state index in [2.05, 4.69) is 25.3 Å². The van der Waals surface area contributed by atoms with Gasteiger partial charge in [0.2, 0.25) is 0 Å². The van der Waals surface area contributed by atoms with Gasteiger partial charge < -0.3 is 0 Å². The first-order chi connectivity index (χ1) is 7.68. The Hall–Kier alpha value is -0.330. The molecule has 0 amide bonds. The fourth-order valence-electron chi connectivity index (χ4n) is 4.02. The third-order valence-electron chi connectivity index (χ3n) is 5.15. The first-order valence-electron chi connectivity index (χ1n) is 7.22. The van der Waals surface area contributed by atoms with Crippen LogP contribution in [0.2, 0.25) is 0 Å². The molecule has 2 aliphatic carbocycles. The van der Waals surface area contributed by atoms with Crippen molar-refractivity contribution in [3.05, 3.63) is 0 Å². The quantitative estimate of drug-likeness (QED) is 0.495. The van der Waals surface area contributed by atoms with Gasteiger partial charge in [0.25, 0.3) is 0 Å². The van der Waals surface area contributed by atoms with Gasteiger partial charge in [-0.15, -0.1) is 0 Å². The molecular weight excluding hydrogens is 194 g/mol. The van der Waals surface area contributed by atoms with E-state index in [1.165, 1.54) is 51.4 Å². The fraction of sp³-hybridized carbons (Fsp3) is 0.933. The molecule has 0 aliphatic heterocycles. The maximum absolute atomic E-state index is 4.05. The zero-order valence-electron chi connectivity index (χ0n) is 11.1. The van der Waals surface area contributed by atoms with Crippen LogP contribution in [0.25, 0.3) is 0 Å². The third kappa shape index (κ3) is 2.67. The normalized spacial score (nSPS) is 40.6. The van der Waals surface area contributed by atoms with E-state index in [4.69, 9.17) is 0 Å². The molecule has 1 nitrogen and oxygen atoms in total. The van der Waals surface area contributed by atoms with Crippen LogP contribution >= 0.6 is 0 Å². The Labute approximate surface area is 101 Å². The molecule has 2 atom stereocenters. The highest BCUT2D eigenvalue weighted by Gasteiger charge is 2.33. The van der Waals surface area contributed by atoms with E-state index >= 15 is 0 Å². The van der Waals surface area contributed by atoms with Crippen LogP contribution in [0.4, 0.5) is 0 Å². The largest absolute Gasteiger partial charge is 0.242 e. The first-order valence-corrected chi connectivity index (χ1v) is 7.22. The highest BCUT2D eigenvalue weighted by atomic mass is 15.0. The maximum Gasteiger partial charge on any atom is 0.151 e. The van der Waals surface area contributed by atoms with Crippen LogP contribution in [-0.4, -0.2) is 24.4 Å². The smallest absolute Gasteiger partial charge is 0.151 e. The lowest BCUT2D eigenvalue weighted by Gasteiger charge is -2.38. The molecule has 2 aliphatic rings. The topological polar surface area (TPSA) is 3.01 Å². The molecule has 2 saturated carbocycles. The fourth-order valence-corrected chi connectivity index (χ4v) is 4.02. The van der Waals surface area contributed by atoms with Crippen molar-refractivity contribution in [1.29, 1.82) is 0 Å². The molecule has 0 spiro atoms. The monoisotopic (exact) mass is 222 g/mol. The van der Waals surface area contributed by atoms with Gasteiger partial charge in [0.05, 0.1) is 0 Å². The molecule has 2 rings (SSSR count). The minimum Gasteiger partial charge on any atom is -0.242 e. The summed E-state index contributed by atoms with van der Waals surface area (Å²) in [4.78, 5) is 0. The van der Waals surface area contributed by atoms with Gasteiger partial charge in [-0.2, -0.15) is 0 Å². The summed E-state index contributed by atoms with van der Waals surface area (Å²) in [6.07, 6.45) is 11.6. The minimum atomic E-state index is 0.759.